The summed E-state index contributed by atoms with van der Waals surface area (Å²) >= 11 is 1.50. The fourth-order valence-corrected chi connectivity index (χ4v) is 3.17. The van der Waals surface area contributed by atoms with Crippen LogP contribution < -0.4 is 5.32 Å². The fraction of sp³-hybridized carbons (Fsp3) is 0.545. The predicted molar refractivity (Wildman–Crippen MR) is 69.0 cm³/mol. The minimum atomic E-state index is -0.776. The molecule has 0 aliphatic rings. The first kappa shape index (κ1) is 13.4. The van der Waals surface area contributed by atoms with Gasteiger partial charge in [-0.3, -0.25) is 4.21 Å². The monoisotopic (exact) mass is 256 g/mol. The van der Waals surface area contributed by atoms with Gasteiger partial charge in [0.05, 0.1) is 0 Å². The van der Waals surface area contributed by atoms with Crippen LogP contribution >= 0.6 is 11.3 Å². The average Bonchev–Trinajstić information content (AvgIpc) is 2.64. The van der Waals surface area contributed by atoms with E-state index in [9.17, 15) is 4.21 Å². The summed E-state index contributed by atoms with van der Waals surface area (Å²) in [5.41, 5.74) is 0. The van der Waals surface area contributed by atoms with Crippen molar-refractivity contribution in [2.24, 2.45) is 0 Å². The molecule has 0 aromatic carbocycles. The number of hydrogen-bond donors (Lipinski definition) is 1. The molecule has 0 fully saturated rings. The highest BCUT2D eigenvalue weighted by Crippen LogP contribution is 2.22. The molecule has 1 rings (SSSR count). The van der Waals surface area contributed by atoms with E-state index in [4.69, 9.17) is 5.26 Å². The van der Waals surface area contributed by atoms with Crippen LogP contribution in [0.2, 0.25) is 0 Å². The second-order valence-electron chi connectivity index (χ2n) is 3.84. The Morgan fingerprint density at radius 2 is 2.25 bits per heavy atom. The summed E-state index contributed by atoms with van der Waals surface area (Å²) in [4.78, 5) is 1.88. The minimum absolute atomic E-state index is 0.200. The zero-order chi connectivity index (χ0) is 12.1. The van der Waals surface area contributed by atoms with Gasteiger partial charge < -0.3 is 5.32 Å². The molecular weight excluding hydrogens is 240 g/mol. The Labute approximate surface area is 103 Å². The Kier molecular flexibility index (Phi) is 5.13. The molecule has 1 aromatic heterocycles. The quantitative estimate of drug-likeness (QED) is 0.877. The third-order valence-electron chi connectivity index (χ3n) is 2.18. The highest BCUT2D eigenvalue weighted by molar-refractivity contribution is 7.84. The second-order valence-corrected chi connectivity index (χ2v) is 6.44. The van der Waals surface area contributed by atoms with E-state index in [2.05, 4.69) is 18.3 Å². The molecule has 3 atom stereocenters. The van der Waals surface area contributed by atoms with Crippen molar-refractivity contribution in [2.75, 3.05) is 12.0 Å². The second kappa shape index (κ2) is 6.14. The molecule has 0 saturated heterocycles. The molecule has 16 heavy (non-hydrogen) atoms. The van der Waals surface area contributed by atoms with Crippen LogP contribution in [0.15, 0.2) is 12.1 Å². The van der Waals surface area contributed by atoms with E-state index >= 15 is 0 Å². The molecule has 0 saturated carbocycles. The number of rotatable bonds is 5. The van der Waals surface area contributed by atoms with Gasteiger partial charge in [-0.2, -0.15) is 5.26 Å². The first-order chi connectivity index (χ1) is 7.52. The molecule has 88 valence electrons. The van der Waals surface area contributed by atoms with Crippen molar-refractivity contribution in [1.82, 2.24) is 5.32 Å². The minimum Gasteiger partial charge on any atom is -0.306 e. The number of nitrogens with zero attached hydrogens (tertiary/aromatic N) is 1. The molecule has 0 radical (unpaired) electrons. The lowest BCUT2D eigenvalue weighted by Crippen LogP contribution is -2.32. The Morgan fingerprint density at radius 1 is 1.56 bits per heavy atom. The summed E-state index contributed by atoms with van der Waals surface area (Å²) in [7, 11) is -0.776. The van der Waals surface area contributed by atoms with Crippen LogP contribution in [0.1, 0.15) is 29.6 Å². The molecule has 0 amide bonds. The molecule has 0 aliphatic heterocycles. The van der Waals surface area contributed by atoms with E-state index < -0.39 is 10.8 Å². The highest BCUT2D eigenvalue weighted by Gasteiger charge is 2.12. The SMILES string of the molecule is CC(CS(C)=O)NC(C)c1ccc(C#N)s1. The fourth-order valence-electron chi connectivity index (χ4n) is 1.55. The smallest absolute Gasteiger partial charge is 0.110 e. The van der Waals surface area contributed by atoms with E-state index in [0.29, 0.717) is 5.75 Å². The first-order valence-electron chi connectivity index (χ1n) is 5.09. The lowest BCUT2D eigenvalue weighted by atomic mass is 10.2. The Balaban J connectivity index is 2.55. The lowest BCUT2D eigenvalue weighted by molar-refractivity contribution is 0.513. The number of thiophene rings is 1. The van der Waals surface area contributed by atoms with E-state index in [-0.39, 0.29) is 12.1 Å². The summed E-state index contributed by atoms with van der Waals surface area (Å²) < 4.78 is 11.1. The maximum Gasteiger partial charge on any atom is 0.110 e. The van der Waals surface area contributed by atoms with Gasteiger partial charge in [-0.1, -0.05) is 0 Å². The van der Waals surface area contributed by atoms with Crippen LogP contribution in [0.5, 0.6) is 0 Å². The molecular formula is C11H16N2OS2. The first-order valence-corrected chi connectivity index (χ1v) is 7.63. The molecule has 3 nitrogen and oxygen atoms in total. The number of hydrogen-bond acceptors (Lipinski definition) is 4. The molecule has 1 N–H and O–H groups in total. The van der Waals surface area contributed by atoms with Crippen molar-refractivity contribution >= 4 is 22.1 Å². The third kappa shape index (κ3) is 4.05. The largest absolute Gasteiger partial charge is 0.306 e. The van der Waals surface area contributed by atoms with Crippen molar-refractivity contribution < 1.29 is 4.21 Å². The molecule has 1 heterocycles. The zero-order valence-corrected chi connectivity index (χ0v) is 11.3. The van der Waals surface area contributed by atoms with Gasteiger partial charge in [-0.05, 0) is 26.0 Å². The van der Waals surface area contributed by atoms with Crippen LogP contribution in [0.3, 0.4) is 0 Å². The summed E-state index contributed by atoms with van der Waals surface area (Å²) in [6.07, 6.45) is 1.71. The molecule has 1 aromatic rings. The highest BCUT2D eigenvalue weighted by atomic mass is 32.2. The van der Waals surface area contributed by atoms with Gasteiger partial charge >= 0.3 is 0 Å². The third-order valence-corrected chi connectivity index (χ3v) is 4.33. The van der Waals surface area contributed by atoms with E-state index in [1.54, 1.807) is 6.26 Å². The van der Waals surface area contributed by atoms with Crippen LogP contribution in [0.4, 0.5) is 0 Å². The van der Waals surface area contributed by atoms with Gasteiger partial charge in [-0.25, -0.2) is 0 Å². The predicted octanol–water partition coefficient (Wildman–Crippen LogP) is 2.04. The molecule has 0 bridgehead atoms. The van der Waals surface area contributed by atoms with Gasteiger partial charge in [0.1, 0.15) is 10.9 Å². The maximum absolute atomic E-state index is 11.1. The van der Waals surface area contributed by atoms with Gasteiger partial charge in [0, 0.05) is 39.8 Å². The van der Waals surface area contributed by atoms with Gasteiger partial charge in [0.2, 0.25) is 0 Å². The Hall–Kier alpha value is -0.700. The van der Waals surface area contributed by atoms with Crippen molar-refractivity contribution in [2.45, 2.75) is 25.9 Å². The number of nitriles is 1. The van der Waals surface area contributed by atoms with Crippen molar-refractivity contribution in [1.29, 1.82) is 5.26 Å². The van der Waals surface area contributed by atoms with E-state index in [1.807, 2.05) is 19.1 Å². The molecule has 3 unspecified atom stereocenters. The summed E-state index contributed by atoms with van der Waals surface area (Å²) in [6.45, 7) is 4.08. The maximum atomic E-state index is 11.1. The summed E-state index contributed by atoms with van der Waals surface area (Å²) in [5.74, 6) is 0.654. The standard InChI is InChI=1S/C11H16N2OS2/c1-8(7-16(3)14)13-9(2)11-5-4-10(6-12)15-11/h4-5,8-9,13H,7H2,1-3H3. The molecule has 0 aliphatic carbocycles. The van der Waals surface area contributed by atoms with Crippen LogP contribution in [0.25, 0.3) is 0 Å². The van der Waals surface area contributed by atoms with Crippen molar-refractivity contribution in [3.05, 3.63) is 21.9 Å². The van der Waals surface area contributed by atoms with Crippen molar-refractivity contribution in [3.63, 3.8) is 0 Å². The molecule has 5 heteroatoms. The van der Waals surface area contributed by atoms with Crippen LogP contribution in [0, 0.1) is 11.3 Å². The van der Waals surface area contributed by atoms with Gasteiger partial charge in [0.25, 0.3) is 0 Å². The summed E-state index contributed by atoms with van der Waals surface area (Å²) in [5, 5.41) is 12.1. The average molecular weight is 256 g/mol. The Bertz CT molecular complexity index is 408. The normalized spacial score (nSPS) is 16.4. The number of nitrogens with one attached hydrogen (secondary N) is 1. The zero-order valence-electron chi connectivity index (χ0n) is 9.69. The van der Waals surface area contributed by atoms with E-state index in [1.165, 1.54) is 11.3 Å². The van der Waals surface area contributed by atoms with Gasteiger partial charge in [-0.15, -0.1) is 11.3 Å². The van der Waals surface area contributed by atoms with Crippen molar-refractivity contribution in [3.8, 4) is 6.07 Å². The summed E-state index contributed by atoms with van der Waals surface area (Å²) in [6, 6.07) is 6.35. The van der Waals surface area contributed by atoms with E-state index in [0.717, 1.165) is 9.75 Å². The van der Waals surface area contributed by atoms with Crippen LogP contribution in [-0.4, -0.2) is 22.3 Å². The molecule has 0 spiro atoms. The van der Waals surface area contributed by atoms with Gasteiger partial charge in [0.15, 0.2) is 0 Å². The van der Waals surface area contributed by atoms with Crippen LogP contribution in [-0.2, 0) is 10.8 Å². The lowest BCUT2D eigenvalue weighted by Gasteiger charge is -2.17. The Morgan fingerprint density at radius 3 is 2.75 bits per heavy atom. The topological polar surface area (TPSA) is 52.9 Å².